The number of aromatic nitrogens is 6. The van der Waals surface area contributed by atoms with Crippen LogP contribution >= 0.6 is 0 Å². The molecule has 2 saturated heterocycles. The predicted octanol–water partition coefficient (Wildman–Crippen LogP) is 6.60. The number of hydrogen-bond donors (Lipinski definition) is 2. The van der Waals surface area contributed by atoms with E-state index < -0.39 is 10.8 Å². The first kappa shape index (κ1) is 46.8. The zero-order valence-electron chi connectivity index (χ0n) is 41.2. The molecule has 4 aromatic heterocycles. The maximum atomic E-state index is 12.9. The Morgan fingerprint density at radius 2 is 1.17 bits per heavy atom. The Labute approximate surface area is 407 Å². The summed E-state index contributed by atoms with van der Waals surface area (Å²) in [5.74, 6) is 2.82. The van der Waals surface area contributed by atoms with Crippen LogP contribution in [0.2, 0.25) is 0 Å². The Bertz CT molecular complexity index is 2860. The fraction of sp³-hybridized carbons (Fsp3) is 0.500. The number of carbonyl (C=O) groups is 2. The zero-order chi connectivity index (χ0) is 48.4. The van der Waals surface area contributed by atoms with E-state index in [-0.39, 0.29) is 22.9 Å². The summed E-state index contributed by atoms with van der Waals surface area (Å²) < 4.78 is 16.0. The van der Waals surface area contributed by atoms with Crippen molar-refractivity contribution in [2.45, 2.75) is 73.5 Å². The minimum atomic E-state index is -1.23. The Balaban J connectivity index is 0.000000132. The molecule has 8 aliphatic rings. The van der Waals surface area contributed by atoms with Crippen LogP contribution < -0.4 is 16.0 Å². The molecule has 16 nitrogen and oxygen atoms in total. The van der Waals surface area contributed by atoms with Gasteiger partial charge in [0.2, 0.25) is 11.1 Å². The van der Waals surface area contributed by atoms with Crippen molar-refractivity contribution in [3.8, 4) is 0 Å². The van der Waals surface area contributed by atoms with Gasteiger partial charge < -0.3 is 44.7 Å². The number of likely N-dealkylation sites (tertiary alicyclic amines) is 1. The molecule has 6 heterocycles. The lowest BCUT2D eigenvalue weighted by Gasteiger charge is -2.62. The summed E-state index contributed by atoms with van der Waals surface area (Å²) in [7, 11) is 10.3. The van der Waals surface area contributed by atoms with Crippen molar-refractivity contribution in [3.63, 3.8) is 0 Å². The van der Waals surface area contributed by atoms with Crippen LogP contribution in [0.3, 0.4) is 0 Å². The molecule has 3 N–H and O–H groups in total. The molecule has 2 aromatic carbocycles. The average molecular weight is 954 g/mol. The summed E-state index contributed by atoms with van der Waals surface area (Å²) in [6, 6.07) is 20.7. The number of amides is 2. The number of nitrogens with one attached hydrogen (secondary N) is 1. The Morgan fingerprint density at radius 1 is 0.681 bits per heavy atom. The maximum Gasteiger partial charge on any atom is 0.270 e. The van der Waals surface area contributed by atoms with Crippen molar-refractivity contribution in [2.75, 3.05) is 104 Å². The number of likely N-dealkylation sites (N-methyl/N-ethyl adjacent to an activating group) is 1. The number of fused-ring (bicyclic) bond motifs is 2. The van der Waals surface area contributed by atoms with Crippen LogP contribution in [-0.4, -0.2) is 153 Å². The summed E-state index contributed by atoms with van der Waals surface area (Å²) in [5.41, 5.74) is 13.3. The highest BCUT2D eigenvalue weighted by molar-refractivity contribution is 7.84. The highest BCUT2D eigenvalue weighted by Crippen LogP contribution is 2.64. The number of nitrogens with two attached hydrogens (primary N) is 1. The van der Waals surface area contributed by atoms with Crippen LogP contribution in [-0.2, 0) is 21.9 Å². The molecule has 6 saturated carbocycles. The van der Waals surface area contributed by atoms with Crippen LogP contribution in [0.5, 0.6) is 0 Å². The largest absolute Gasteiger partial charge is 0.399 e. The molecule has 14 rings (SSSR count). The lowest BCUT2D eigenvalue weighted by Crippen LogP contribution is -2.60. The van der Waals surface area contributed by atoms with Gasteiger partial charge in [-0.3, -0.25) is 13.8 Å². The lowest BCUT2D eigenvalue weighted by atomic mass is 9.49. The molecule has 1 unspecified atom stereocenters. The van der Waals surface area contributed by atoms with E-state index >= 15 is 0 Å². The molecule has 0 spiro atoms. The van der Waals surface area contributed by atoms with E-state index in [2.05, 4.69) is 94.6 Å². The van der Waals surface area contributed by atoms with Crippen LogP contribution in [0, 0.1) is 11.8 Å². The lowest BCUT2D eigenvalue weighted by molar-refractivity contribution is -0.0871. The molecule has 2 amide bonds. The molecule has 2 aliphatic heterocycles. The SMILES string of the molecule is CN(C)C(=O)c1cc2cnc(S(C)=O)nc2n1C12CC(C1)C2.CN1CCC(c2ccc(Nc3ncc4cc(C(=O)N(C)C)n(C56CC(C5)C6)c4n3)cc2)CC1.CN1CCN(c2ccc(N)cc2)CC1. The number of piperidine rings is 1. The first-order chi connectivity index (χ1) is 33.1. The molecule has 4 bridgehead atoms. The normalized spacial score (nSPS) is 24.3. The van der Waals surface area contributed by atoms with Gasteiger partial charge in [0.25, 0.3) is 11.8 Å². The summed E-state index contributed by atoms with van der Waals surface area (Å²) in [5, 5.41) is 5.47. The Kier molecular flexibility index (Phi) is 12.5. The van der Waals surface area contributed by atoms with Crippen LogP contribution in [0.1, 0.15) is 83.8 Å². The van der Waals surface area contributed by atoms with E-state index in [1.807, 2.05) is 30.5 Å². The molecule has 8 fully saturated rings. The number of anilines is 4. The average Bonchev–Trinajstić information content (AvgIpc) is 3.83. The van der Waals surface area contributed by atoms with E-state index in [1.54, 1.807) is 50.4 Å². The second-order valence-electron chi connectivity index (χ2n) is 21.1. The number of rotatable bonds is 9. The second-order valence-corrected chi connectivity index (χ2v) is 22.4. The fourth-order valence-electron chi connectivity index (χ4n) is 11.4. The van der Waals surface area contributed by atoms with Crippen molar-refractivity contribution >= 4 is 67.7 Å². The molecule has 0 radical (unpaired) electrons. The van der Waals surface area contributed by atoms with E-state index in [1.165, 1.54) is 37.2 Å². The molecule has 6 aliphatic carbocycles. The Morgan fingerprint density at radius 3 is 1.65 bits per heavy atom. The first-order valence-corrected chi connectivity index (χ1v) is 26.0. The molecule has 6 aromatic rings. The number of piperazine rings is 1. The number of benzene rings is 2. The summed E-state index contributed by atoms with van der Waals surface area (Å²) in [6.45, 7) is 6.84. The third-order valence-corrected chi connectivity index (χ3v) is 16.4. The monoisotopic (exact) mass is 954 g/mol. The minimum Gasteiger partial charge on any atom is -0.399 e. The van der Waals surface area contributed by atoms with Crippen molar-refractivity contribution < 1.29 is 13.8 Å². The Hall–Kier alpha value is -5.91. The van der Waals surface area contributed by atoms with Gasteiger partial charge in [-0.1, -0.05) is 12.1 Å². The van der Waals surface area contributed by atoms with E-state index in [9.17, 15) is 13.8 Å². The van der Waals surface area contributed by atoms with Crippen molar-refractivity contribution in [2.24, 2.45) is 11.8 Å². The smallest absolute Gasteiger partial charge is 0.270 e. The van der Waals surface area contributed by atoms with Gasteiger partial charge >= 0.3 is 0 Å². The van der Waals surface area contributed by atoms with E-state index in [4.69, 9.17) is 10.7 Å². The minimum absolute atomic E-state index is 0.0247. The molecule has 69 heavy (non-hydrogen) atoms. The van der Waals surface area contributed by atoms with Gasteiger partial charge in [0.15, 0.2) is 0 Å². The van der Waals surface area contributed by atoms with Gasteiger partial charge in [0, 0.05) is 112 Å². The topological polar surface area (TPSA) is 167 Å². The summed E-state index contributed by atoms with van der Waals surface area (Å²) in [6.07, 6.45) is 14.3. The third-order valence-electron chi connectivity index (χ3n) is 15.6. The third kappa shape index (κ3) is 8.97. The number of hydrogen-bond acceptors (Lipinski definition) is 12. The fourth-order valence-corrected chi connectivity index (χ4v) is 11.8. The van der Waals surface area contributed by atoms with Crippen molar-refractivity contribution in [1.29, 1.82) is 0 Å². The van der Waals surface area contributed by atoms with Gasteiger partial charge in [-0.2, -0.15) is 4.98 Å². The van der Waals surface area contributed by atoms with Crippen LogP contribution in [0.15, 0.2) is 78.2 Å². The van der Waals surface area contributed by atoms with Gasteiger partial charge in [0.1, 0.15) is 22.7 Å². The van der Waals surface area contributed by atoms with Crippen molar-refractivity contribution in [1.82, 2.24) is 48.7 Å². The molecular formula is C52H67N13O3S. The molecule has 1 atom stereocenters. The standard InChI is InChI=1S/C26H32N6O.C15H18N4O2S.C11H17N3/c1-30(2)24(33)22-12-20-16-27-25(29-23(20)32(22)26-13-17(14-26)15-26)28-21-6-4-18(5-7-21)19-8-10-31(3)11-9-19;1-18(2)13(20)11-4-10-8-16-14(22(3)21)17-12(10)19(11)15-5-9(6-15)7-15;1-13-6-8-14(9-7-13)11-4-2-10(12)3-5-11/h4-7,12,16-17,19H,8-11,13-15H2,1-3H3,(H,27,28,29);4,8-9H,5-7H2,1-3H3;2-5H,6-9,12H2,1H3. The number of nitrogen functional groups attached to an aromatic ring is 1. The van der Waals surface area contributed by atoms with Gasteiger partial charge in [-0.25, -0.2) is 15.0 Å². The highest BCUT2D eigenvalue weighted by Gasteiger charge is 2.60. The molecule has 17 heteroatoms. The van der Waals surface area contributed by atoms with Crippen LogP contribution in [0.4, 0.5) is 23.0 Å². The molecule has 364 valence electrons. The van der Waals surface area contributed by atoms with Gasteiger partial charge in [0.05, 0.1) is 10.8 Å². The summed E-state index contributed by atoms with van der Waals surface area (Å²) in [4.78, 5) is 54.0. The van der Waals surface area contributed by atoms with E-state index in [0.717, 1.165) is 116 Å². The number of carbonyl (C=O) groups excluding carboxylic acids is 2. The molecular weight excluding hydrogens is 887 g/mol. The van der Waals surface area contributed by atoms with Crippen LogP contribution in [0.25, 0.3) is 22.1 Å². The quantitative estimate of drug-likeness (QED) is 0.118. The second kappa shape index (κ2) is 18.4. The predicted molar refractivity (Wildman–Crippen MR) is 274 cm³/mol. The highest BCUT2D eigenvalue weighted by atomic mass is 32.2. The maximum absolute atomic E-state index is 12.9. The van der Waals surface area contributed by atoms with Gasteiger partial charge in [-0.05, 0) is 150 Å². The van der Waals surface area contributed by atoms with Gasteiger partial charge in [-0.15, -0.1) is 0 Å². The number of nitrogens with zero attached hydrogens (tertiary/aromatic N) is 11. The zero-order valence-corrected chi connectivity index (χ0v) is 42.0. The first-order valence-electron chi connectivity index (χ1n) is 24.5. The van der Waals surface area contributed by atoms with E-state index in [0.29, 0.717) is 22.7 Å². The summed E-state index contributed by atoms with van der Waals surface area (Å²) >= 11 is 0. The van der Waals surface area contributed by atoms with Crippen molar-refractivity contribution in [3.05, 3.63) is 90.0 Å².